The van der Waals surface area contributed by atoms with E-state index in [-0.39, 0.29) is 35.1 Å². The maximum atomic E-state index is 13.3. The Morgan fingerprint density at radius 3 is 2.72 bits per heavy atom. The number of amides is 1. The van der Waals surface area contributed by atoms with E-state index in [0.29, 0.717) is 28.2 Å². The zero-order chi connectivity index (χ0) is 32.0. The minimum atomic E-state index is -0.552. The Bertz CT molecular complexity index is 1980. The quantitative estimate of drug-likeness (QED) is 0.299. The summed E-state index contributed by atoms with van der Waals surface area (Å²) in [5.74, 6) is -0.568. The van der Waals surface area contributed by atoms with Crippen LogP contribution in [0.5, 0.6) is 0 Å². The number of carbonyl (C=O) groups is 1. The molecule has 7 nitrogen and oxygen atoms in total. The summed E-state index contributed by atoms with van der Waals surface area (Å²) in [7, 11) is 0. The molecule has 36 heavy (non-hydrogen) atoms. The standard InChI is InChI=1S/C29H26N6O/c1-19-9-12-35(18-19)25-14-20(2)13-24(16-25)32-28(36)22-7-6-21(3)27(15-22)34-29-31-11-8-26(33-29)23-5-4-10-30-17-23/h4-18H,1-3H3,(H,32,36)(H,31,33,34)/i4D,5D,8D,10D,11D,12D,17D,18D. The number of aryl methyl sites for hydroxylation is 3. The largest absolute Gasteiger partial charge is 0.324 e. The molecule has 3 aromatic heterocycles. The Labute approximate surface area is 221 Å². The molecule has 0 atom stereocenters. The number of pyridine rings is 1. The fourth-order valence-electron chi connectivity index (χ4n) is 3.54. The van der Waals surface area contributed by atoms with Crippen LogP contribution in [0.2, 0.25) is 0 Å². The van der Waals surface area contributed by atoms with E-state index in [4.69, 9.17) is 11.0 Å². The van der Waals surface area contributed by atoms with Gasteiger partial charge in [0.1, 0.15) is 0 Å². The summed E-state index contributed by atoms with van der Waals surface area (Å²) in [6, 6.07) is 10.3. The molecule has 0 saturated heterocycles. The fraction of sp³-hybridized carbons (Fsp3) is 0.103. The molecule has 0 aliphatic carbocycles. The van der Waals surface area contributed by atoms with Gasteiger partial charge in [-0.1, -0.05) is 6.07 Å². The number of benzene rings is 2. The molecule has 7 heteroatoms. The number of nitrogens with one attached hydrogen (secondary N) is 2. The summed E-state index contributed by atoms with van der Waals surface area (Å²) in [6.07, 6.45) is -1.22. The molecule has 2 N–H and O–H groups in total. The third kappa shape index (κ3) is 5.15. The van der Waals surface area contributed by atoms with E-state index in [2.05, 4.69) is 25.6 Å². The molecule has 0 aliphatic heterocycles. The molecule has 0 unspecified atom stereocenters. The van der Waals surface area contributed by atoms with Crippen molar-refractivity contribution in [3.63, 3.8) is 0 Å². The monoisotopic (exact) mass is 482 g/mol. The Kier molecular flexibility index (Phi) is 4.17. The van der Waals surface area contributed by atoms with E-state index in [1.165, 1.54) is 4.57 Å². The highest BCUT2D eigenvalue weighted by Gasteiger charge is 2.12. The summed E-state index contributed by atoms with van der Waals surface area (Å²) in [5, 5.41) is 5.82. The van der Waals surface area contributed by atoms with Crippen LogP contribution >= 0.6 is 0 Å². The first-order chi connectivity index (χ1) is 20.7. The highest BCUT2D eigenvalue weighted by atomic mass is 16.1. The van der Waals surface area contributed by atoms with E-state index in [9.17, 15) is 4.79 Å². The topological polar surface area (TPSA) is 84.7 Å². The minimum absolute atomic E-state index is 0.135. The van der Waals surface area contributed by atoms with Crippen molar-refractivity contribution in [1.82, 2.24) is 19.5 Å². The van der Waals surface area contributed by atoms with Crippen LogP contribution in [-0.4, -0.2) is 25.4 Å². The maximum Gasteiger partial charge on any atom is 0.255 e. The van der Waals surface area contributed by atoms with Gasteiger partial charge in [0.2, 0.25) is 5.95 Å². The average molecular weight is 483 g/mol. The molecular weight excluding hydrogens is 448 g/mol. The fourth-order valence-corrected chi connectivity index (χ4v) is 3.54. The lowest BCUT2D eigenvalue weighted by Crippen LogP contribution is -2.13. The van der Waals surface area contributed by atoms with Crippen molar-refractivity contribution in [3.8, 4) is 16.9 Å². The number of nitrogens with zero attached hydrogens (tertiary/aromatic N) is 4. The summed E-state index contributed by atoms with van der Waals surface area (Å²) in [4.78, 5) is 25.2. The number of hydrogen-bond donors (Lipinski definition) is 2. The van der Waals surface area contributed by atoms with E-state index >= 15 is 0 Å². The minimum Gasteiger partial charge on any atom is -0.324 e. The SMILES string of the molecule is [2H]c1nc(Nc2cc(C(=O)Nc3cc(C)cc(-n4c([2H])cc(C)c4[2H])c3)ccc2C)nc(-c2c([2H])nc([2H])c([2H])c2[2H])c1[2H]. The van der Waals surface area contributed by atoms with Crippen LogP contribution in [0.15, 0.2) is 91.5 Å². The van der Waals surface area contributed by atoms with Gasteiger partial charge in [0.15, 0.2) is 0 Å². The molecule has 0 aliphatic rings. The zero-order valence-electron chi connectivity index (χ0n) is 27.7. The molecule has 0 radical (unpaired) electrons. The van der Waals surface area contributed by atoms with Crippen LogP contribution in [0.25, 0.3) is 16.9 Å². The smallest absolute Gasteiger partial charge is 0.255 e. The third-order valence-electron chi connectivity index (χ3n) is 5.28. The number of rotatable bonds is 6. The normalized spacial score (nSPS) is 13.9. The van der Waals surface area contributed by atoms with Crippen molar-refractivity contribution in [2.45, 2.75) is 20.8 Å². The van der Waals surface area contributed by atoms with Gasteiger partial charge >= 0.3 is 0 Å². The third-order valence-corrected chi connectivity index (χ3v) is 5.28. The van der Waals surface area contributed by atoms with Crippen molar-refractivity contribution in [2.75, 3.05) is 10.6 Å². The highest BCUT2D eigenvalue weighted by Crippen LogP contribution is 2.24. The molecule has 2 aromatic carbocycles. The van der Waals surface area contributed by atoms with Crippen LogP contribution in [0.3, 0.4) is 0 Å². The van der Waals surface area contributed by atoms with Gasteiger partial charge in [-0.05, 0) is 92.0 Å². The zero-order valence-corrected chi connectivity index (χ0v) is 19.7. The summed E-state index contributed by atoms with van der Waals surface area (Å²) in [5.41, 5.74) is 3.42. The lowest BCUT2D eigenvalue weighted by Gasteiger charge is -2.13. The Balaban J connectivity index is 1.46. The average Bonchev–Trinajstić information content (AvgIpc) is 3.21. The van der Waals surface area contributed by atoms with Crippen LogP contribution in [0, 0.1) is 20.8 Å². The second-order valence-corrected chi connectivity index (χ2v) is 8.16. The van der Waals surface area contributed by atoms with Gasteiger partial charge in [-0.15, -0.1) is 0 Å². The lowest BCUT2D eigenvalue weighted by molar-refractivity contribution is 0.102. The summed E-state index contributed by atoms with van der Waals surface area (Å²) in [6.45, 7) is 5.39. The van der Waals surface area contributed by atoms with Crippen LogP contribution < -0.4 is 10.6 Å². The van der Waals surface area contributed by atoms with E-state index in [1.54, 1.807) is 50.2 Å². The number of carbonyl (C=O) groups excluding carboxylic acids is 1. The summed E-state index contributed by atoms with van der Waals surface area (Å²) < 4.78 is 66.3. The molecule has 5 aromatic rings. The number of anilines is 3. The van der Waals surface area contributed by atoms with Gasteiger partial charge in [0.25, 0.3) is 5.91 Å². The Morgan fingerprint density at radius 1 is 1.00 bits per heavy atom. The highest BCUT2D eigenvalue weighted by molar-refractivity contribution is 6.05. The molecule has 0 spiro atoms. The van der Waals surface area contributed by atoms with Crippen LogP contribution in [0.1, 0.15) is 38.0 Å². The molecular formula is C29H26N6O. The van der Waals surface area contributed by atoms with Gasteiger partial charge < -0.3 is 15.2 Å². The van der Waals surface area contributed by atoms with Crippen LogP contribution in [0.4, 0.5) is 17.3 Å². The van der Waals surface area contributed by atoms with E-state index in [0.717, 1.165) is 5.56 Å². The first-order valence-electron chi connectivity index (χ1n) is 15.0. The lowest BCUT2D eigenvalue weighted by atomic mass is 10.1. The second-order valence-electron chi connectivity index (χ2n) is 8.16. The van der Waals surface area contributed by atoms with Gasteiger partial charge in [0, 0.05) is 59.1 Å². The number of aromatic nitrogens is 4. The van der Waals surface area contributed by atoms with Crippen molar-refractivity contribution >= 4 is 23.2 Å². The van der Waals surface area contributed by atoms with E-state index < -0.39 is 42.6 Å². The van der Waals surface area contributed by atoms with Crippen molar-refractivity contribution in [3.05, 3.63) is 114 Å². The Hall–Kier alpha value is -4.78. The molecule has 5 rings (SSSR count). The molecule has 0 fully saturated rings. The van der Waals surface area contributed by atoms with Crippen molar-refractivity contribution < 1.29 is 15.8 Å². The predicted molar refractivity (Wildman–Crippen MR) is 143 cm³/mol. The number of hydrogen-bond acceptors (Lipinski definition) is 5. The first-order valence-corrected chi connectivity index (χ1v) is 11.0. The molecule has 0 bridgehead atoms. The second kappa shape index (κ2) is 9.84. The molecule has 1 amide bonds. The Morgan fingerprint density at radius 2 is 1.89 bits per heavy atom. The first kappa shape index (κ1) is 15.3. The van der Waals surface area contributed by atoms with Gasteiger partial charge in [0.05, 0.1) is 16.7 Å². The van der Waals surface area contributed by atoms with Crippen molar-refractivity contribution in [1.29, 1.82) is 0 Å². The summed E-state index contributed by atoms with van der Waals surface area (Å²) >= 11 is 0. The van der Waals surface area contributed by atoms with Crippen LogP contribution in [-0.2, 0) is 0 Å². The maximum absolute atomic E-state index is 13.3. The van der Waals surface area contributed by atoms with Gasteiger partial charge in [-0.25, -0.2) is 9.97 Å². The van der Waals surface area contributed by atoms with Gasteiger partial charge in [-0.3, -0.25) is 9.78 Å². The van der Waals surface area contributed by atoms with Crippen molar-refractivity contribution in [2.24, 2.45) is 0 Å². The van der Waals surface area contributed by atoms with E-state index in [1.807, 2.05) is 13.0 Å². The molecule has 3 heterocycles. The van der Waals surface area contributed by atoms with Gasteiger partial charge in [-0.2, -0.15) is 0 Å². The molecule has 0 saturated carbocycles. The molecule has 178 valence electrons. The predicted octanol–water partition coefficient (Wildman–Crippen LogP) is 6.25.